The van der Waals surface area contributed by atoms with Crippen LogP contribution in [-0.2, 0) is 4.79 Å². The minimum atomic E-state index is -0.900. The number of likely N-dealkylation sites (N-methyl/N-ethyl adjacent to an activating group) is 1. The van der Waals surface area contributed by atoms with E-state index in [2.05, 4.69) is 5.32 Å². The number of carbonyl (C=O) groups excluding carboxylic acids is 1. The summed E-state index contributed by atoms with van der Waals surface area (Å²) < 4.78 is 0. The fourth-order valence-corrected chi connectivity index (χ4v) is 2.00. The van der Waals surface area contributed by atoms with Crippen molar-refractivity contribution in [3.8, 4) is 0 Å². The number of nitrogens with zero attached hydrogens (tertiary/aromatic N) is 1. The largest absolute Gasteiger partial charge is 0.387 e. The normalized spacial score (nSPS) is 21.1. The average Bonchev–Trinajstić information content (AvgIpc) is 2.95. The van der Waals surface area contributed by atoms with Crippen LogP contribution < -0.4 is 11.1 Å². The molecule has 1 aliphatic rings. The maximum absolute atomic E-state index is 11.6. The Kier molecular flexibility index (Phi) is 4.91. The van der Waals surface area contributed by atoms with Crippen molar-refractivity contribution in [1.29, 1.82) is 0 Å². The predicted octanol–water partition coefficient (Wildman–Crippen LogP) is -0.457. The molecule has 1 amide bonds. The molecule has 0 aliphatic heterocycles. The summed E-state index contributed by atoms with van der Waals surface area (Å²) in [6, 6.07) is -0.0196. The van der Waals surface area contributed by atoms with Crippen LogP contribution in [0.1, 0.15) is 26.2 Å². The molecule has 100 valence electrons. The van der Waals surface area contributed by atoms with E-state index in [-0.39, 0.29) is 18.5 Å². The van der Waals surface area contributed by atoms with E-state index in [1.54, 1.807) is 6.92 Å². The highest BCUT2D eigenvalue weighted by atomic mass is 16.3. The summed E-state index contributed by atoms with van der Waals surface area (Å²) in [5.41, 5.74) is 4.97. The Hall–Kier alpha value is -0.650. The molecule has 0 heterocycles. The summed E-state index contributed by atoms with van der Waals surface area (Å²) in [6.45, 7) is 2.50. The van der Waals surface area contributed by atoms with Gasteiger partial charge in [0.2, 0.25) is 5.91 Å². The third-order valence-electron chi connectivity index (χ3n) is 2.97. The molecular formula is C12H25N3O2. The van der Waals surface area contributed by atoms with Gasteiger partial charge in [0.15, 0.2) is 0 Å². The molecule has 4 N–H and O–H groups in total. The van der Waals surface area contributed by atoms with Gasteiger partial charge in [0.25, 0.3) is 0 Å². The molecular weight excluding hydrogens is 218 g/mol. The number of carbonyl (C=O) groups is 1. The van der Waals surface area contributed by atoms with Crippen LogP contribution in [-0.4, -0.2) is 54.7 Å². The number of hydrogen-bond donors (Lipinski definition) is 3. The number of aliphatic hydroxyl groups is 1. The molecule has 0 aromatic heterocycles. The quantitative estimate of drug-likeness (QED) is 0.565. The lowest BCUT2D eigenvalue weighted by Crippen LogP contribution is -2.47. The van der Waals surface area contributed by atoms with Gasteiger partial charge in [0, 0.05) is 25.6 Å². The van der Waals surface area contributed by atoms with Crippen molar-refractivity contribution in [1.82, 2.24) is 10.2 Å². The second kappa shape index (κ2) is 5.80. The van der Waals surface area contributed by atoms with Crippen molar-refractivity contribution < 1.29 is 9.90 Å². The number of nitrogens with two attached hydrogens (primary N) is 1. The van der Waals surface area contributed by atoms with Crippen molar-refractivity contribution in [3.63, 3.8) is 0 Å². The van der Waals surface area contributed by atoms with Gasteiger partial charge in [-0.3, -0.25) is 4.79 Å². The third kappa shape index (κ3) is 6.00. The molecule has 0 aromatic carbocycles. The number of hydrogen-bond acceptors (Lipinski definition) is 4. The van der Waals surface area contributed by atoms with Gasteiger partial charge in [0.1, 0.15) is 0 Å². The first-order chi connectivity index (χ1) is 7.80. The van der Waals surface area contributed by atoms with E-state index in [1.807, 2.05) is 19.0 Å². The first kappa shape index (κ1) is 14.4. The van der Waals surface area contributed by atoms with Gasteiger partial charge in [-0.25, -0.2) is 0 Å². The molecule has 5 heteroatoms. The summed E-state index contributed by atoms with van der Waals surface area (Å²) in [5, 5.41) is 12.7. The van der Waals surface area contributed by atoms with Crippen LogP contribution in [0.25, 0.3) is 0 Å². The van der Waals surface area contributed by atoms with Gasteiger partial charge >= 0.3 is 0 Å². The van der Waals surface area contributed by atoms with E-state index < -0.39 is 5.60 Å². The van der Waals surface area contributed by atoms with Crippen molar-refractivity contribution in [2.45, 2.75) is 37.8 Å². The molecule has 17 heavy (non-hydrogen) atoms. The van der Waals surface area contributed by atoms with Crippen molar-refractivity contribution >= 4 is 5.91 Å². The highest BCUT2D eigenvalue weighted by Gasteiger charge is 2.30. The number of rotatable bonds is 7. The monoisotopic (exact) mass is 243 g/mol. The fourth-order valence-electron chi connectivity index (χ4n) is 2.00. The fraction of sp³-hybridized carbons (Fsp3) is 0.917. The summed E-state index contributed by atoms with van der Waals surface area (Å²) >= 11 is 0. The van der Waals surface area contributed by atoms with E-state index in [9.17, 15) is 9.90 Å². The van der Waals surface area contributed by atoms with Crippen LogP contribution in [0, 0.1) is 5.92 Å². The Morgan fingerprint density at radius 1 is 1.59 bits per heavy atom. The third-order valence-corrected chi connectivity index (χ3v) is 2.97. The van der Waals surface area contributed by atoms with Crippen LogP contribution in [0.3, 0.4) is 0 Å². The van der Waals surface area contributed by atoms with Crippen molar-refractivity contribution in [3.05, 3.63) is 0 Å². The average molecular weight is 243 g/mol. The molecule has 0 spiro atoms. The molecule has 0 bridgehead atoms. The summed E-state index contributed by atoms with van der Waals surface area (Å²) in [5.74, 6) is 0.464. The van der Waals surface area contributed by atoms with Gasteiger partial charge in [-0.15, -0.1) is 0 Å². The summed E-state index contributed by atoms with van der Waals surface area (Å²) in [4.78, 5) is 13.5. The topological polar surface area (TPSA) is 78.6 Å². The molecule has 0 aromatic rings. The van der Waals surface area contributed by atoms with Crippen molar-refractivity contribution in [2.75, 3.05) is 27.2 Å². The Bertz CT molecular complexity index is 262. The molecule has 1 fully saturated rings. The molecule has 5 nitrogen and oxygen atoms in total. The zero-order valence-electron chi connectivity index (χ0n) is 11.1. The molecule has 1 aliphatic carbocycles. The van der Waals surface area contributed by atoms with E-state index in [0.29, 0.717) is 18.9 Å². The van der Waals surface area contributed by atoms with E-state index >= 15 is 0 Å². The second-order valence-corrected chi connectivity index (χ2v) is 5.72. The van der Waals surface area contributed by atoms with Gasteiger partial charge in [0.05, 0.1) is 5.60 Å². The molecule has 0 saturated heterocycles. The number of nitrogens with one attached hydrogen (secondary N) is 1. The van der Waals surface area contributed by atoms with Crippen LogP contribution in [0.15, 0.2) is 0 Å². The minimum absolute atomic E-state index is 0.0196. The van der Waals surface area contributed by atoms with Crippen LogP contribution in [0.4, 0.5) is 0 Å². The maximum Gasteiger partial charge on any atom is 0.221 e. The van der Waals surface area contributed by atoms with E-state index in [0.717, 1.165) is 12.8 Å². The lowest BCUT2D eigenvalue weighted by molar-refractivity contribution is -0.122. The predicted molar refractivity (Wildman–Crippen MR) is 67.5 cm³/mol. The van der Waals surface area contributed by atoms with Crippen LogP contribution in [0.5, 0.6) is 0 Å². The molecule has 0 radical (unpaired) electrons. The molecule has 1 rings (SSSR count). The minimum Gasteiger partial charge on any atom is -0.387 e. The van der Waals surface area contributed by atoms with Gasteiger partial charge in [-0.05, 0) is 39.8 Å². The zero-order valence-corrected chi connectivity index (χ0v) is 11.1. The van der Waals surface area contributed by atoms with E-state index in [1.165, 1.54) is 0 Å². The number of amides is 1. The first-order valence-electron chi connectivity index (χ1n) is 6.19. The van der Waals surface area contributed by atoms with Gasteiger partial charge in [-0.2, -0.15) is 0 Å². The first-order valence-corrected chi connectivity index (χ1v) is 6.19. The van der Waals surface area contributed by atoms with Crippen LogP contribution >= 0.6 is 0 Å². The highest BCUT2D eigenvalue weighted by molar-refractivity contribution is 5.76. The smallest absolute Gasteiger partial charge is 0.221 e. The summed E-state index contributed by atoms with van der Waals surface area (Å²) in [7, 11) is 3.78. The second-order valence-electron chi connectivity index (χ2n) is 5.72. The lowest BCUT2D eigenvalue weighted by atomic mass is 10.1. The molecule has 1 saturated carbocycles. The Morgan fingerprint density at radius 3 is 2.65 bits per heavy atom. The van der Waals surface area contributed by atoms with Gasteiger partial charge in [-0.1, -0.05) is 0 Å². The molecule has 2 unspecified atom stereocenters. The Labute approximate surface area is 103 Å². The highest BCUT2D eigenvalue weighted by Crippen LogP contribution is 2.32. The summed E-state index contributed by atoms with van der Waals surface area (Å²) in [6.07, 6.45) is 2.66. The maximum atomic E-state index is 11.6. The standard InChI is InChI=1S/C12H25N3O2/c1-12(17,8-15(2)3)7-14-11(16)6-10(13)9-4-5-9/h9-10,17H,4-8,13H2,1-3H3,(H,14,16). The van der Waals surface area contributed by atoms with Crippen molar-refractivity contribution in [2.24, 2.45) is 11.7 Å². The van der Waals surface area contributed by atoms with Crippen LogP contribution in [0.2, 0.25) is 0 Å². The SMILES string of the molecule is CN(C)CC(C)(O)CNC(=O)CC(N)C1CC1. The Morgan fingerprint density at radius 2 is 2.18 bits per heavy atom. The van der Waals surface area contributed by atoms with Gasteiger partial charge < -0.3 is 21.1 Å². The molecule has 2 atom stereocenters. The van der Waals surface area contributed by atoms with E-state index in [4.69, 9.17) is 5.73 Å². The zero-order chi connectivity index (χ0) is 13.1. The lowest BCUT2D eigenvalue weighted by Gasteiger charge is -2.27. The Balaban J connectivity index is 2.21.